The molecule has 10 heteroatoms. The van der Waals surface area contributed by atoms with Crippen molar-refractivity contribution in [3.8, 4) is 23.0 Å². The average Bonchev–Trinajstić information content (AvgIpc) is 3.25. The fourth-order valence-electron chi connectivity index (χ4n) is 3.49. The second kappa shape index (κ2) is 12.6. The normalized spacial score (nSPS) is 10.7. The number of carbonyl (C=O) groups excluding carboxylic acids is 1. The second-order valence-corrected chi connectivity index (χ2v) is 8.57. The molecule has 0 aliphatic rings. The summed E-state index contributed by atoms with van der Waals surface area (Å²) in [5, 5.41) is 0.620. The van der Waals surface area contributed by atoms with E-state index in [0.717, 1.165) is 23.2 Å². The van der Waals surface area contributed by atoms with E-state index in [2.05, 4.69) is 4.90 Å². The van der Waals surface area contributed by atoms with Crippen LogP contribution in [0.1, 0.15) is 23.7 Å². The van der Waals surface area contributed by atoms with Gasteiger partial charge in [-0.15, -0.1) is 12.4 Å². The lowest BCUT2D eigenvalue weighted by Gasteiger charge is -2.22. The number of anilines is 1. The van der Waals surface area contributed by atoms with Crippen LogP contribution in [0, 0.1) is 0 Å². The quantitative estimate of drug-likeness (QED) is 0.369. The van der Waals surface area contributed by atoms with Gasteiger partial charge in [0, 0.05) is 12.1 Å². The molecule has 1 amide bonds. The number of fused-ring (bicyclic) bond motifs is 1. The number of benzene rings is 2. The molecule has 0 aliphatic carbocycles. The molecule has 8 nitrogen and oxygen atoms in total. The highest BCUT2D eigenvalue weighted by molar-refractivity contribution is 7.22. The van der Waals surface area contributed by atoms with Gasteiger partial charge in [-0.2, -0.15) is 0 Å². The largest absolute Gasteiger partial charge is 0.493 e. The maximum Gasteiger partial charge on any atom is 0.260 e. The predicted molar refractivity (Wildman–Crippen MR) is 139 cm³/mol. The van der Waals surface area contributed by atoms with Crippen molar-refractivity contribution in [2.75, 3.05) is 60.0 Å². The van der Waals surface area contributed by atoms with Gasteiger partial charge in [0.2, 0.25) is 5.75 Å². The summed E-state index contributed by atoms with van der Waals surface area (Å²) in [6, 6.07) is 9.16. The zero-order chi connectivity index (χ0) is 24.0. The molecular weight excluding hydrogens is 478 g/mol. The van der Waals surface area contributed by atoms with Gasteiger partial charge < -0.3 is 23.8 Å². The van der Waals surface area contributed by atoms with Crippen LogP contribution in [-0.4, -0.2) is 70.9 Å². The zero-order valence-electron chi connectivity index (χ0n) is 20.4. The van der Waals surface area contributed by atoms with Crippen LogP contribution in [0.3, 0.4) is 0 Å². The standard InChI is InChI=1S/C24H31N3O5S.ClH/c1-7-32-17-10-8-11-20-21(17)25-24(33-20)27(13-9-12-26(2)3)23(28)16-14-18(29-4)22(31-6)19(15-16)30-5;/h8,10-11,14-15H,7,9,12-13H2,1-6H3;1H. The van der Waals surface area contributed by atoms with Crippen LogP contribution in [0.25, 0.3) is 10.2 Å². The fraction of sp³-hybridized carbons (Fsp3) is 0.417. The third kappa shape index (κ3) is 6.02. The minimum absolute atomic E-state index is 0. The Morgan fingerprint density at radius 2 is 1.68 bits per heavy atom. The highest BCUT2D eigenvalue weighted by atomic mass is 35.5. The number of hydrogen-bond acceptors (Lipinski definition) is 8. The van der Waals surface area contributed by atoms with Gasteiger partial charge in [0.05, 0.1) is 32.6 Å². The van der Waals surface area contributed by atoms with Crippen molar-refractivity contribution < 1.29 is 23.7 Å². The molecule has 0 unspecified atom stereocenters. The molecule has 1 heterocycles. The molecule has 186 valence electrons. The fourth-order valence-corrected chi connectivity index (χ4v) is 4.50. The molecule has 0 saturated heterocycles. The Kier molecular flexibility index (Phi) is 10.2. The number of aromatic nitrogens is 1. The average molecular weight is 510 g/mol. The Bertz CT molecular complexity index is 1080. The van der Waals surface area contributed by atoms with Crippen LogP contribution in [-0.2, 0) is 0 Å². The Morgan fingerprint density at radius 3 is 2.24 bits per heavy atom. The molecule has 2 aromatic carbocycles. The lowest BCUT2D eigenvalue weighted by Crippen LogP contribution is -2.33. The topological polar surface area (TPSA) is 73.4 Å². The van der Waals surface area contributed by atoms with Crippen LogP contribution < -0.4 is 23.8 Å². The van der Waals surface area contributed by atoms with E-state index in [1.54, 1.807) is 17.0 Å². The van der Waals surface area contributed by atoms with Crippen molar-refractivity contribution in [3.05, 3.63) is 35.9 Å². The third-order valence-electron chi connectivity index (χ3n) is 5.05. The third-order valence-corrected chi connectivity index (χ3v) is 6.09. The minimum atomic E-state index is -0.190. The first-order valence-corrected chi connectivity index (χ1v) is 11.5. The number of amides is 1. The lowest BCUT2D eigenvalue weighted by atomic mass is 10.1. The molecule has 0 atom stereocenters. The van der Waals surface area contributed by atoms with Gasteiger partial charge in [-0.05, 0) is 58.3 Å². The van der Waals surface area contributed by atoms with E-state index in [9.17, 15) is 4.79 Å². The summed E-state index contributed by atoms with van der Waals surface area (Å²) >= 11 is 1.47. The molecule has 0 radical (unpaired) electrons. The minimum Gasteiger partial charge on any atom is -0.493 e. The van der Waals surface area contributed by atoms with Gasteiger partial charge in [0.15, 0.2) is 16.6 Å². The van der Waals surface area contributed by atoms with E-state index < -0.39 is 0 Å². The number of hydrogen-bond donors (Lipinski definition) is 0. The van der Waals surface area contributed by atoms with E-state index >= 15 is 0 Å². The van der Waals surface area contributed by atoms with Gasteiger partial charge in [0.25, 0.3) is 5.91 Å². The Hall–Kier alpha value is -2.75. The number of nitrogens with zero attached hydrogens (tertiary/aromatic N) is 3. The van der Waals surface area contributed by atoms with Crippen molar-refractivity contribution in [2.24, 2.45) is 0 Å². The van der Waals surface area contributed by atoms with E-state index in [-0.39, 0.29) is 18.3 Å². The number of rotatable bonds is 11. The first-order valence-electron chi connectivity index (χ1n) is 10.7. The number of halogens is 1. The monoisotopic (exact) mass is 509 g/mol. The molecule has 34 heavy (non-hydrogen) atoms. The highest BCUT2D eigenvalue weighted by Gasteiger charge is 2.25. The van der Waals surface area contributed by atoms with E-state index in [0.29, 0.717) is 46.8 Å². The summed E-state index contributed by atoms with van der Waals surface area (Å²) in [6.07, 6.45) is 0.789. The second-order valence-electron chi connectivity index (χ2n) is 7.56. The molecule has 3 aromatic rings. The van der Waals surface area contributed by atoms with Gasteiger partial charge in [0.1, 0.15) is 11.3 Å². The van der Waals surface area contributed by atoms with E-state index in [1.165, 1.54) is 32.7 Å². The van der Waals surface area contributed by atoms with Gasteiger partial charge >= 0.3 is 0 Å². The van der Waals surface area contributed by atoms with E-state index in [4.69, 9.17) is 23.9 Å². The van der Waals surface area contributed by atoms with Crippen molar-refractivity contribution in [3.63, 3.8) is 0 Å². The van der Waals surface area contributed by atoms with Gasteiger partial charge in [-0.1, -0.05) is 17.4 Å². The molecule has 0 saturated carbocycles. The predicted octanol–water partition coefficient (Wildman–Crippen LogP) is 4.74. The van der Waals surface area contributed by atoms with Gasteiger partial charge in [-0.3, -0.25) is 9.69 Å². The molecule has 0 bridgehead atoms. The Labute approximate surface area is 210 Å². The Balaban J connectivity index is 0.00000408. The SMILES string of the molecule is CCOc1cccc2sc(N(CCCN(C)C)C(=O)c3cc(OC)c(OC)c(OC)c3)nc12.Cl. The van der Waals surface area contributed by atoms with Crippen molar-refractivity contribution in [2.45, 2.75) is 13.3 Å². The van der Waals surface area contributed by atoms with Gasteiger partial charge in [-0.25, -0.2) is 4.98 Å². The first kappa shape index (κ1) is 27.5. The summed E-state index contributed by atoms with van der Waals surface area (Å²) in [6.45, 7) is 3.84. The van der Waals surface area contributed by atoms with Crippen LogP contribution in [0.5, 0.6) is 23.0 Å². The number of thiazole rings is 1. The summed E-state index contributed by atoms with van der Waals surface area (Å²) in [7, 11) is 8.62. The molecule has 0 aliphatic heterocycles. The van der Waals surface area contributed by atoms with Crippen LogP contribution in [0.4, 0.5) is 5.13 Å². The Morgan fingerprint density at radius 1 is 1.00 bits per heavy atom. The number of carbonyl (C=O) groups is 1. The zero-order valence-corrected chi connectivity index (χ0v) is 22.0. The summed E-state index contributed by atoms with van der Waals surface area (Å²) in [4.78, 5) is 22.3. The number of ether oxygens (including phenoxy) is 4. The number of methoxy groups -OCH3 is 3. The maximum atomic E-state index is 13.7. The maximum absolute atomic E-state index is 13.7. The molecule has 1 aromatic heterocycles. The summed E-state index contributed by atoms with van der Waals surface area (Å²) in [5.41, 5.74) is 1.19. The van der Waals surface area contributed by atoms with Crippen LogP contribution in [0.15, 0.2) is 30.3 Å². The molecule has 0 fully saturated rings. The smallest absolute Gasteiger partial charge is 0.260 e. The summed E-state index contributed by atoms with van der Waals surface area (Å²) in [5.74, 6) is 1.82. The number of para-hydroxylation sites is 1. The molecule has 0 spiro atoms. The summed E-state index contributed by atoms with van der Waals surface area (Å²) < 4.78 is 23.0. The van der Waals surface area contributed by atoms with Crippen molar-refractivity contribution >= 4 is 45.0 Å². The highest BCUT2D eigenvalue weighted by Crippen LogP contribution is 2.40. The van der Waals surface area contributed by atoms with Crippen LogP contribution in [0.2, 0.25) is 0 Å². The molecule has 0 N–H and O–H groups in total. The van der Waals surface area contributed by atoms with E-state index in [1.807, 2.05) is 39.2 Å². The van der Waals surface area contributed by atoms with Crippen LogP contribution >= 0.6 is 23.7 Å². The first-order chi connectivity index (χ1) is 15.9. The molecular formula is C24H32ClN3O5S. The molecule has 3 rings (SSSR count). The lowest BCUT2D eigenvalue weighted by molar-refractivity contribution is 0.0985. The van der Waals surface area contributed by atoms with Crippen molar-refractivity contribution in [1.29, 1.82) is 0 Å². The van der Waals surface area contributed by atoms with Crippen molar-refractivity contribution in [1.82, 2.24) is 9.88 Å².